The summed E-state index contributed by atoms with van der Waals surface area (Å²) in [6.45, 7) is 2.82. The molecule has 19 heavy (non-hydrogen) atoms. The van der Waals surface area contributed by atoms with E-state index in [2.05, 4.69) is 21.2 Å². The Labute approximate surface area is 125 Å². The lowest BCUT2D eigenvalue weighted by atomic mass is 9.98. The largest absolute Gasteiger partial charge is 0.306 e. The van der Waals surface area contributed by atoms with E-state index in [0.29, 0.717) is 5.02 Å². The Kier molecular flexibility index (Phi) is 4.97. The lowest BCUT2D eigenvalue weighted by molar-refractivity contribution is 0.611. The number of hydrogen-bond donors (Lipinski definition) is 1. The van der Waals surface area contributed by atoms with Crippen LogP contribution >= 0.6 is 27.5 Å². The minimum atomic E-state index is -0.259. The summed E-state index contributed by atoms with van der Waals surface area (Å²) in [5, 5.41) is 4.08. The molecule has 1 N–H and O–H groups in total. The highest BCUT2D eigenvalue weighted by molar-refractivity contribution is 9.10. The van der Waals surface area contributed by atoms with Gasteiger partial charge in [-0.15, -0.1) is 0 Å². The first-order valence-corrected chi connectivity index (χ1v) is 7.23. The van der Waals surface area contributed by atoms with Crippen LogP contribution < -0.4 is 5.32 Å². The van der Waals surface area contributed by atoms with E-state index in [0.717, 1.165) is 22.1 Å². The number of rotatable bonds is 4. The van der Waals surface area contributed by atoms with E-state index >= 15 is 0 Å². The van der Waals surface area contributed by atoms with Gasteiger partial charge in [-0.3, -0.25) is 0 Å². The molecule has 4 heteroatoms. The van der Waals surface area contributed by atoms with Gasteiger partial charge in [0, 0.05) is 9.50 Å². The van der Waals surface area contributed by atoms with E-state index < -0.39 is 0 Å². The van der Waals surface area contributed by atoms with Crippen molar-refractivity contribution in [3.05, 3.63) is 68.9 Å². The van der Waals surface area contributed by atoms with Gasteiger partial charge >= 0.3 is 0 Å². The molecule has 0 amide bonds. The number of nitrogens with one attached hydrogen (secondary N) is 1. The summed E-state index contributed by atoms with van der Waals surface area (Å²) in [6.07, 6.45) is 0. The molecule has 0 bridgehead atoms. The third-order valence-electron chi connectivity index (χ3n) is 2.90. The van der Waals surface area contributed by atoms with Gasteiger partial charge in [-0.1, -0.05) is 58.7 Å². The fraction of sp³-hybridized carbons (Fsp3) is 0.200. The molecular formula is C15H14BrClFN. The van der Waals surface area contributed by atoms with E-state index in [4.69, 9.17) is 11.6 Å². The molecule has 0 aliphatic carbocycles. The Morgan fingerprint density at radius 3 is 2.58 bits per heavy atom. The zero-order valence-corrected chi connectivity index (χ0v) is 12.8. The highest BCUT2D eigenvalue weighted by atomic mass is 79.9. The standard InChI is InChI=1S/C15H14BrClFN/c1-2-19-15(12-5-3-4-6-14(12)17)11-8-7-10(18)9-13(11)16/h3-9,15,19H,2H2,1H3. The number of hydrogen-bond acceptors (Lipinski definition) is 1. The SMILES string of the molecule is CCNC(c1ccccc1Cl)c1ccc(F)cc1Br. The quantitative estimate of drug-likeness (QED) is 0.830. The van der Waals surface area contributed by atoms with Gasteiger partial charge in [0.2, 0.25) is 0 Å². The third kappa shape index (κ3) is 3.35. The van der Waals surface area contributed by atoms with Gasteiger partial charge in [-0.05, 0) is 35.9 Å². The molecule has 2 aromatic carbocycles. The van der Waals surface area contributed by atoms with Crippen molar-refractivity contribution in [2.75, 3.05) is 6.54 Å². The summed E-state index contributed by atoms with van der Waals surface area (Å²) in [5.41, 5.74) is 1.95. The smallest absolute Gasteiger partial charge is 0.124 e. The summed E-state index contributed by atoms with van der Waals surface area (Å²) >= 11 is 9.68. The topological polar surface area (TPSA) is 12.0 Å². The Bertz CT molecular complexity index is 574. The van der Waals surface area contributed by atoms with E-state index in [9.17, 15) is 4.39 Å². The van der Waals surface area contributed by atoms with Crippen LogP contribution in [-0.2, 0) is 0 Å². The fourth-order valence-electron chi connectivity index (χ4n) is 2.04. The van der Waals surface area contributed by atoms with Gasteiger partial charge in [-0.2, -0.15) is 0 Å². The van der Waals surface area contributed by atoms with Crippen molar-refractivity contribution in [1.82, 2.24) is 5.32 Å². The Hall–Kier alpha value is -0.900. The Balaban J connectivity index is 2.48. The van der Waals surface area contributed by atoms with Gasteiger partial charge in [0.1, 0.15) is 5.82 Å². The summed E-state index contributed by atoms with van der Waals surface area (Å²) in [4.78, 5) is 0. The molecule has 0 saturated carbocycles. The normalized spacial score (nSPS) is 12.4. The Morgan fingerprint density at radius 2 is 1.95 bits per heavy atom. The van der Waals surface area contributed by atoms with Crippen molar-refractivity contribution in [2.45, 2.75) is 13.0 Å². The van der Waals surface area contributed by atoms with Crippen molar-refractivity contribution in [1.29, 1.82) is 0 Å². The summed E-state index contributed by atoms with van der Waals surface area (Å²) in [6, 6.07) is 12.3. The van der Waals surface area contributed by atoms with Gasteiger partial charge in [0.25, 0.3) is 0 Å². The molecule has 2 rings (SSSR count). The minimum absolute atomic E-state index is 0.0614. The number of halogens is 3. The molecule has 1 atom stereocenters. The summed E-state index contributed by atoms with van der Waals surface area (Å²) in [7, 11) is 0. The van der Waals surface area contributed by atoms with Crippen molar-refractivity contribution in [3.63, 3.8) is 0 Å². The van der Waals surface area contributed by atoms with Crippen LogP contribution in [0.15, 0.2) is 46.9 Å². The van der Waals surface area contributed by atoms with Crippen LogP contribution in [0.25, 0.3) is 0 Å². The maximum Gasteiger partial charge on any atom is 0.124 e. The molecule has 0 aromatic heterocycles. The highest BCUT2D eigenvalue weighted by Gasteiger charge is 2.18. The average molecular weight is 343 g/mol. The van der Waals surface area contributed by atoms with E-state index in [1.54, 1.807) is 6.07 Å². The Morgan fingerprint density at radius 1 is 1.21 bits per heavy atom. The second-order valence-corrected chi connectivity index (χ2v) is 5.44. The first-order chi connectivity index (χ1) is 9.13. The van der Waals surface area contributed by atoms with Gasteiger partial charge in [-0.25, -0.2) is 4.39 Å². The van der Waals surface area contributed by atoms with Crippen molar-refractivity contribution in [3.8, 4) is 0 Å². The summed E-state index contributed by atoms with van der Waals surface area (Å²) < 4.78 is 13.9. The van der Waals surface area contributed by atoms with Crippen molar-refractivity contribution < 1.29 is 4.39 Å². The van der Waals surface area contributed by atoms with Crippen molar-refractivity contribution >= 4 is 27.5 Å². The van der Waals surface area contributed by atoms with Gasteiger partial charge < -0.3 is 5.32 Å². The maximum atomic E-state index is 13.2. The first-order valence-electron chi connectivity index (χ1n) is 6.06. The first kappa shape index (κ1) is 14.5. The molecule has 0 heterocycles. The molecule has 1 nitrogen and oxygen atoms in total. The number of benzene rings is 2. The molecule has 0 saturated heterocycles. The molecule has 0 aliphatic rings. The molecule has 100 valence electrons. The van der Waals surface area contributed by atoms with Crippen LogP contribution in [0.4, 0.5) is 4.39 Å². The molecule has 1 unspecified atom stereocenters. The summed E-state index contributed by atoms with van der Waals surface area (Å²) in [5.74, 6) is -0.259. The molecule has 2 aromatic rings. The maximum absolute atomic E-state index is 13.2. The molecule has 0 radical (unpaired) electrons. The third-order valence-corrected chi connectivity index (χ3v) is 3.93. The lowest BCUT2D eigenvalue weighted by Crippen LogP contribution is -2.22. The molecular weight excluding hydrogens is 329 g/mol. The zero-order valence-electron chi connectivity index (χ0n) is 10.5. The van der Waals surface area contributed by atoms with Crippen LogP contribution in [-0.4, -0.2) is 6.54 Å². The zero-order chi connectivity index (χ0) is 13.8. The minimum Gasteiger partial charge on any atom is -0.306 e. The van der Waals surface area contributed by atoms with Crippen LogP contribution in [0.3, 0.4) is 0 Å². The second kappa shape index (κ2) is 6.51. The van der Waals surface area contributed by atoms with Gasteiger partial charge in [0.05, 0.1) is 6.04 Å². The van der Waals surface area contributed by atoms with E-state index in [-0.39, 0.29) is 11.9 Å². The second-order valence-electron chi connectivity index (χ2n) is 4.18. The van der Waals surface area contributed by atoms with Crippen LogP contribution in [0.1, 0.15) is 24.1 Å². The fourth-order valence-corrected chi connectivity index (χ4v) is 2.86. The molecule has 0 spiro atoms. The van der Waals surface area contributed by atoms with Gasteiger partial charge in [0.15, 0.2) is 0 Å². The van der Waals surface area contributed by atoms with Crippen molar-refractivity contribution in [2.24, 2.45) is 0 Å². The highest BCUT2D eigenvalue weighted by Crippen LogP contribution is 2.32. The monoisotopic (exact) mass is 341 g/mol. The lowest BCUT2D eigenvalue weighted by Gasteiger charge is -2.21. The van der Waals surface area contributed by atoms with E-state index in [1.807, 2.05) is 31.2 Å². The predicted octanol–water partition coefficient (Wildman–Crippen LogP) is 4.94. The van der Waals surface area contributed by atoms with Crippen LogP contribution in [0.5, 0.6) is 0 Å². The predicted molar refractivity (Wildman–Crippen MR) is 81.1 cm³/mol. The average Bonchev–Trinajstić information content (AvgIpc) is 2.38. The van der Waals surface area contributed by atoms with Crippen LogP contribution in [0.2, 0.25) is 5.02 Å². The molecule has 0 aliphatic heterocycles. The van der Waals surface area contributed by atoms with Crippen LogP contribution in [0, 0.1) is 5.82 Å². The van der Waals surface area contributed by atoms with E-state index in [1.165, 1.54) is 12.1 Å². The molecule has 0 fully saturated rings.